The molecular formula is C38H60N4O8. The zero-order valence-corrected chi connectivity index (χ0v) is 30.7. The molecule has 0 aliphatic rings. The molecule has 2 amide bonds. The lowest BCUT2D eigenvalue weighted by Crippen LogP contribution is -2.40. The van der Waals surface area contributed by atoms with Gasteiger partial charge in [-0.15, -0.1) is 0 Å². The molecule has 12 nitrogen and oxygen atoms in total. The van der Waals surface area contributed by atoms with E-state index in [4.69, 9.17) is 9.84 Å². The average molecular weight is 701 g/mol. The monoisotopic (exact) mass is 700 g/mol. The summed E-state index contributed by atoms with van der Waals surface area (Å²) in [5, 5.41) is 34.6. The molecule has 0 saturated heterocycles. The van der Waals surface area contributed by atoms with Gasteiger partial charge in [-0.2, -0.15) is 0 Å². The van der Waals surface area contributed by atoms with E-state index in [1.165, 1.54) is 23.0 Å². The lowest BCUT2D eigenvalue weighted by Gasteiger charge is -2.26. The van der Waals surface area contributed by atoms with Gasteiger partial charge in [-0.1, -0.05) is 62.4 Å². The second-order valence-corrected chi connectivity index (χ2v) is 12.4. The molecule has 2 unspecified atom stereocenters. The van der Waals surface area contributed by atoms with Gasteiger partial charge in [0.05, 0.1) is 25.2 Å². The van der Waals surface area contributed by atoms with Gasteiger partial charge in [-0.05, 0) is 68.5 Å². The zero-order valence-electron chi connectivity index (χ0n) is 30.7. The Morgan fingerprint density at radius 1 is 0.700 bits per heavy atom. The number of nitrogens with one attached hydrogen (secondary N) is 2. The van der Waals surface area contributed by atoms with Crippen molar-refractivity contribution in [2.75, 3.05) is 46.9 Å². The number of aliphatic carboxylic acids is 1. The van der Waals surface area contributed by atoms with Crippen LogP contribution in [0, 0.1) is 0 Å². The number of amides is 2. The highest BCUT2D eigenvalue weighted by Gasteiger charge is 2.20. The van der Waals surface area contributed by atoms with Crippen LogP contribution in [0.2, 0.25) is 0 Å². The number of benzene rings is 2. The number of hydrogen-bond acceptors (Lipinski definition) is 9. The van der Waals surface area contributed by atoms with Gasteiger partial charge in [-0.25, -0.2) is 0 Å². The third-order valence-electron chi connectivity index (χ3n) is 7.89. The van der Waals surface area contributed by atoms with Crippen molar-refractivity contribution in [1.29, 1.82) is 0 Å². The number of aliphatic hydroxyl groups is 2. The Morgan fingerprint density at radius 2 is 1.16 bits per heavy atom. The van der Waals surface area contributed by atoms with Gasteiger partial charge < -0.3 is 40.5 Å². The van der Waals surface area contributed by atoms with Crippen molar-refractivity contribution in [3.8, 4) is 0 Å². The van der Waals surface area contributed by atoms with E-state index in [9.17, 15) is 29.4 Å². The number of nitrogens with zero attached hydrogens (tertiary/aromatic N) is 2. The quantitative estimate of drug-likeness (QED) is 0.0857. The van der Waals surface area contributed by atoms with Crippen molar-refractivity contribution in [2.45, 2.75) is 97.4 Å². The van der Waals surface area contributed by atoms with Crippen LogP contribution in [-0.4, -0.2) is 108 Å². The maximum Gasteiger partial charge on any atom is 0.303 e. The van der Waals surface area contributed by atoms with E-state index in [0.717, 1.165) is 43.2 Å². The Kier molecular flexibility index (Phi) is 23.0. The normalized spacial score (nSPS) is 11.9. The number of hydrogen-bond donors (Lipinski definition) is 5. The number of carboxylic acid groups (broad SMARTS) is 1. The van der Waals surface area contributed by atoms with Crippen LogP contribution in [0.25, 0.3) is 0 Å². The summed E-state index contributed by atoms with van der Waals surface area (Å²) in [5.74, 6) is -1.49. The third kappa shape index (κ3) is 20.0. The second-order valence-electron chi connectivity index (χ2n) is 12.4. The van der Waals surface area contributed by atoms with E-state index in [1.54, 1.807) is 19.0 Å². The molecule has 0 saturated carbocycles. The minimum Gasteiger partial charge on any atom is -0.481 e. The number of ether oxygens (including phenoxy) is 1. The topological polar surface area (TPSA) is 169 Å². The van der Waals surface area contributed by atoms with Crippen LogP contribution in [0.1, 0.15) is 81.5 Å². The molecule has 0 heterocycles. The summed E-state index contributed by atoms with van der Waals surface area (Å²) in [4.78, 5) is 49.6. The fourth-order valence-electron chi connectivity index (χ4n) is 5.26. The first-order chi connectivity index (χ1) is 23.9. The van der Waals surface area contributed by atoms with E-state index < -0.39 is 18.2 Å². The Balaban J connectivity index is 0.000000506. The van der Waals surface area contributed by atoms with Crippen LogP contribution in [0.15, 0.2) is 48.5 Å². The first-order valence-electron chi connectivity index (χ1n) is 17.6. The highest BCUT2D eigenvalue weighted by Crippen LogP contribution is 2.14. The summed E-state index contributed by atoms with van der Waals surface area (Å²) in [6, 6.07) is 16.1. The number of aliphatic hydroxyl groups excluding tert-OH is 2. The van der Waals surface area contributed by atoms with Crippen molar-refractivity contribution in [2.24, 2.45) is 0 Å². The smallest absolute Gasteiger partial charge is 0.303 e. The van der Waals surface area contributed by atoms with Crippen LogP contribution >= 0.6 is 0 Å². The fourth-order valence-corrected chi connectivity index (χ4v) is 5.26. The third-order valence-corrected chi connectivity index (χ3v) is 7.89. The van der Waals surface area contributed by atoms with E-state index >= 15 is 0 Å². The first-order valence-corrected chi connectivity index (χ1v) is 17.6. The first kappa shape index (κ1) is 44.2. The summed E-state index contributed by atoms with van der Waals surface area (Å²) >= 11 is 0. The number of unbranched alkanes of at least 4 members (excludes halogenated alkanes) is 2. The second kappa shape index (κ2) is 26.0. The molecule has 0 aliphatic heterocycles. The molecule has 2 rings (SSSR count). The van der Waals surface area contributed by atoms with Gasteiger partial charge in [0.15, 0.2) is 0 Å². The van der Waals surface area contributed by atoms with Gasteiger partial charge in [0.25, 0.3) is 0 Å². The molecule has 2 aromatic carbocycles. The van der Waals surface area contributed by atoms with Gasteiger partial charge in [0.2, 0.25) is 11.8 Å². The van der Waals surface area contributed by atoms with Crippen molar-refractivity contribution in [3.63, 3.8) is 0 Å². The standard InChI is InChI=1S/C21H34N2O4.C17H26N2O4/c1-4-18-9-8-10-19(13-18)15-23(16-20(25)14-22-3)21(26)11-6-5-7-12-27-17(2)24;1-3-13-5-4-6-14(9-13)11-19(12-15(20)10-18-2)16(21)7-8-17(22)23/h8-10,13,20,22,25H,4-7,11-12,14-16H2,1-3H3;4-6,9,15,18,20H,3,7-8,10-12H2,1-2H3,(H,22,23). The molecule has 0 radical (unpaired) electrons. The van der Waals surface area contributed by atoms with Crippen LogP contribution in [0.4, 0.5) is 0 Å². The molecule has 50 heavy (non-hydrogen) atoms. The van der Waals surface area contributed by atoms with Crippen molar-refractivity contribution in [1.82, 2.24) is 20.4 Å². The number of carbonyl (C=O) groups excluding carboxylic acids is 3. The van der Waals surface area contributed by atoms with Gasteiger partial charge in [0, 0.05) is 59.0 Å². The summed E-state index contributed by atoms with van der Waals surface area (Å²) in [6.07, 6.45) is 3.07. The number of esters is 1. The van der Waals surface area contributed by atoms with Crippen molar-refractivity contribution < 1.29 is 39.2 Å². The minimum atomic E-state index is -0.998. The molecule has 0 bridgehead atoms. The highest BCUT2D eigenvalue weighted by atomic mass is 16.5. The Labute approximate surface area is 298 Å². The molecule has 0 aliphatic carbocycles. The molecule has 0 aromatic heterocycles. The zero-order chi connectivity index (χ0) is 37.3. The molecule has 0 spiro atoms. The maximum atomic E-state index is 12.7. The van der Waals surface area contributed by atoms with Crippen molar-refractivity contribution in [3.05, 3.63) is 70.8 Å². The summed E-state index contributed by atoms with van der Waals surface area (Å²) in [6.45, 7) is 8.13. The number of carboxylic acids is 1. The van der Waals surface area contributed by atoms with E-state index in [-0.39, 0.29) is 37.2 Å². The van der Waals surface area contributed by atoms with Crippen molar-refractivity contribution >= 4 is 23.8 Å². The molecule has 12 heteroatoms. The fraction of sp³-hybridized carbons (Fsp3) is 0.579. The molecule has 2 aromatic rings. The summed E-state index contributed by atoms with van der Waals surface area (Å²) in [7, 11) is 3.51. The Hall–Kier alpha value is -3.84. The van der Waals surface area contributed by atoms with Gasteiger partial charge in [0.1, 0.15) is 0 Å². The maximum absolute atomic E-state index is 12.7. The Bertz CT molecular complexity index is 1290. The lowest BCUT2D eigenvalue weighted by atomic mass is 10.1. The molecule has 5 N–H and O–H groups in total. The van der Waals surface area contributed by atoms with Crippen LogP contribution < -0.4 is 10.6 Å². The number of rotatable bonds is 23. The number of likely N-dealkylation sites (N-methyl/N-ethyl adjacent to an activating group) is 2. The molecular weight excluding hydrogens is 640 g/mol. The van der Waals surface area contributed by atoms with E-state index in [1.807, 2.05) is 36.4 Å². The van der Waals surface area contributed by atoms with E-state index in [0.29, 0.717) is 45.8 Å². The van der Waals surface area contributed by atoms with Crippen LogP contribution in [0.5, 0.6) is 0 Å². The lowest BCUT2D eigenvalue weighted by molar-refractivity contribution is -0.141. The molecule has 0 fully saturated rings. The Morgan fingerprint density at radius 3 is 1.58 bits per heavy atom. The predicted molar refractivity (Wildman–Crippen MR) is 194 cm³/mol. The highest BCUT2D eigenvalue weighted by molar-refractivity contribution is 5.80. The minimum absolute atomic E-state index is 0.0412. The molecule has 280 valence electrons. The SMILES string of the molecule is CCc1cccc(CN(CC(O)CNC)C(=O)CCC(=O)O)c1.CCc1cccc(CN(CC(O)CNC)C(=O)CCCCCOC(C)=O)c1. The average Bonchev–Trinajstić information content (AvgIpc) is 3.08. The molecule has 2 atom stereocenters. The van der Waals surface area contributed by atoms with Crippen LogP contribution in [0.3, 0.4) is 0 Å². The number of aryl methyl sites for hydroxylation is 2. The number of carbonyl (C=O) groups is 4. The van der Waals surface area contributed by atoms with Crippen LogP contribution in [-0.2, 0) is 49.8 Å². The van der Waals surface area contributed by atoms with Gasteiger partial charge in [-0.3, -0.25) is 19.2 Å². The predicted octanol–water partition coefficient (Wildman–Crippen LogP) is 3.30. The van der Waals surface area contributed by atoms with E-state index in [2.05, 4.69) is 36.6 Å². The summed E-state index contributed by atoms with van der Waals surface area (Å²) in [5.41, 5.74) is 4.47. The largest absolute Gasteiger partial charge is 0.481 e. The van der Waals surface area contributed by atoms with Gasteiger partial charge >= 0.3 is 11.9 Å². The summed E-state index contributed by atoms with van der Waals surface area (Å²) < 4.78 is 4.90.